The van der Waals surface area contributed by atoms with E-state index in [2.05, 4.69) is 15.5 Å². The predicted octanol–water partition coefficient (Wildman–Crippen LogP) is 1.54. The van der Waals surface area contributed by atoms with Gasteiger partial charge in [0.15, 0.2) is 5.16 Å². The van der Waals surface area contributed by atoms with Crippen LogP contribution in [0.25, 0.3) is 0 Å². The predicted molar refractivity (Wildman–Crippen MR) is 82.2 cm³/mol. The molecule has 0 radical (unpaired) electrons. The Labute approximate surface area is 130 Å². The minimum absolute atomic E-state index is 0.138. The lowest BCUT2D eigenvalue weighted by molar-refractivity contribution is -0.151. The first kappa shape index (κ1) is 16.3. The molecule has 1 aromatic rings. The first-order valence-corrected chi connectivity index (χ1v) is 8.44. The first-order chi connectivity index (χ1) is 10.0. The summed E-state index contributed by atoms with van der Waals surface area (Å²) in [5, 5.41) is 12.4. The van der Waals surface area contributed by atoms with E-state index in [0.717, 1.165) is 30.4 Å². The standard InChI is InChI=1S/C14H24N4O2S/c1-5-15-14(11-7-8-11,12(19)20-6-2)9-21-13-17-16-10(3)18(13)4/h11,15H,5-9H2,1-4H3. The molecule has 118 valence electrons. The van der Waals surface area contributed by atoms with E-state index in [1.165, 1.54) is 0 Å². The lowest BCUT2D eigenvalue weighted by Crippen LogP contribution is -2.57. The topological polar surface area (TPSA) is 69.0 Å². The van der Waals surface area contributed by atoms with Crippen molar-refractivity contribution < 1.29 is 9.53 Å². The number of nitrogens with one attached hydrogen (secondary N) is 1. The maximum atomic E-state index is 12.5. The average molecular weight is 312 g/mol. The van der Waals surface area contributed by atoms with Crippen LogP contribution in [0.4, 0.5) is 0 Å². The smallest absolute Gasteiger partial charge is 0.327 e. The van der Waals surface area contributed by atoms with Crippen LogP contribution in [0.2, 0.25) is 0 Å². The van der Waals surface area contributed by atoms with Crippen LogP contribution >= 0.6 is 11.8 Å². The van der Waals surface area contributed by atoms with Gasteiger partial charge in [0, 0.05) is 12.8 Å². The maximum absolute atomic E-state index is 12.5. The molecule has 2 rings (SSSR count). The molecule has 1 aromatic heterocycles. The highest BCUT2D eigenvalue weighted by molar-refractivity contribution is 7.99. The molecule has 0 aliphatic heterocycles. The minimum atomic E-state index is -0.602. The Hall–Kier alpha value is -1.08. The quantitative estimate of drug-likeness (QED) is 0.580. The summed E-state index contributed by atoms with van der Waals surface area (Å²) in [6, 6.07) is 0. The fourth-order valence-electron chi connectivity index (χ4n) is 2.45. The van der Waals surface area contributed by atoms with Gasteiger partial charge < -0.3 is 14.6 Å². The summed E-state index contributed by atoms with van der Waals surface area (Å²) in [6.07, 6.45) is 2.15. The Morgan fingerprint density at radius 3 is 2.67 bits per heavy atom. The van der Waals surface area contributed by atoms with E-state index >= 15 is 0 Å². The van der Waals surface area contributed by atoms with Gasteiger partial charge in [-0.2, -0.15) is 0 Å². The Morgan fingerprint density at radius 1 is 1.48 bits per heavy atom. The lowest BCUT2D eigenvalue weighted by Gasteiger charge is -2.32. The number of likely N-dealkylation sites (N-methyl/N-ethyl adjacent to an activating group) is 1. The van der Waals surface area contributed by atoms with Gasteiger partial charge in [-0.05, 0) is 39.2 Å². The molecular formula is C14H24N4O2S. The number of hydrogen-bond acceptors (Lipinski definition) is 6. The monoisotopic (exact) mass is 312 g/mol. The molecule has 0 amide bonds. The van der Waals surface area contributed by atoms with Gasteiger partial charge in [0.25, 0.3) is 0 Å². The number of esters is 1. The third kappa shape index (κ3) is 3.40. The van der Waals surface area contributed by atoms with Crippen molar-refractivity contribution in [1.29, 1.82) is 0 Å². The van der Waals surface area contributed by atoms with E-state index in [9.17, 15) is 4.79 Å². The van der Waals surface area contributed by atoms with E-state index < -0.39 is 5.54 Å². The number of thioether (sulfide) groups is 1. The molecule has 0 saturated heterocycles. The second-order valence-electron chi connectivity index (χ2n) is 5.37. The van der Waals surface area contributed by atoms with E-state index in [4.69, 9.17) is 4.74 Å². The van der Waals surface area contributed by atoms with Gasteiger partial charge >= 0.3 is 5.97 Å². The molecule has 1 fully saturated rings. The number of hydrogen-bond donors (Lipinski definition) is 1. The Kier molecular flexibility index (Phi) is 5.27. The van der Waals surface area contributed by atoms with Crippen molar-refractivity contribution in [2.45, 2.75) is 44.3 Å². The van der Waals surface area contributed by atoms with Crippen molar-refractivity contribution in [2.24, 2.45) is 13.0 Å². The number of rotatable bonds is 8. The highest BCUT2D eigenvalue weighted by Crippen LogP contribution is 2.43. The highest BCUT2D eigenvalue weighted by atomic mass is 32.2. The molecule has 1 aliphatic carbocycles. The third-order valence-electron chi connectivity index (χ3n) is 3.89. The summed E-state index contributed by atoms with van der Waals surface area (Å²) in [7, 11) is 1.94. The van der Waals surface area contributed by atoms with E-state index in [1.54, 1.807) is 11.8 Å². The molecule has 1 heterocycles. The molecule has 0 bridgehead atoms. The SMILES string of the molecule is CCNC(CSc1nnc(C)n1C)(C(=O)OCC)C1CC1. The second-order valence-corrected chi connectivity index (χ2v) is 6.32. The number of aryl methyl sites for hydroxylation is 1. The van der Waals surface area contributed by atoms with Crippen molar-refractivity contribution in [3.8, 4) is 0 Å². The van der Waals surface area contributed by atoms with Crippen molar-refractivity contribution in [1.82, 2.24) is 20.1 Å². The summed E-state index contributed by atoms with van der Waals surface area (Å²) in [5.41, 5.74) is -0.602. The van der Waals surface area contributed by atoms with Gasteiger partial charge in [-0.15, -0.1) is 10.2 Å². The van der Waals surface area contributed by atoms with Crippen LogP contribution in [0.15, 0.2) is 5.16 Å². The van der Waals surface area contributed by atoms with Crippen molar-refractivity contribution in [3.63, 3.8) is 0 Å². The summed E-state index contributed by atoms with van der Waals surface area (Å²) >= 11 is 1.56. The van der Waals surface area contributed by atoms with Gasteiger partial charge in [-0.25, -0.2) is 0 Å². The normalized spacial score (nSPS) is 17.5. The molecule has 6 nitrogen and oxygen atoms in total. The van der Waals surface area contributed by atoms with E-state index in [1.807, 2.05) is 32.4 Å². The largest absolute Gasteiger partial charge is 0.465 e. The zero-order valence-electron chi connectivity index (χ0n) is 13.2. The summed E-state index contributed by atoms with van der Waals surface area (Å²) < 4.78 is 7.27. The molecule has 1 atom stereocenters. The molecule has 1 saturated carbocycles. The Balaban J connectivity index is 2.15. The summed E-state index contributed by atoms with van der Waals surface area (Å²) in [4.78, 5) is 12.5. The molecule has 21 heavy (non-hydrogen) atoms. The van der Waals surface area contributed by atoms with Gasteiger partial charge in [-0.3, -0.25) is 4.79 Å². The van der Waals surface area contributed by atoms with Crippen molar-refractivity contribution in [3.05, 3.63) is 5.82 Å². The molecule has 1 aliphatic rings. The van der Waals surface area contributed by atoms with Gasteiger partial charge in [0.2, 0.25) is 0 Å². The third-order valence-corrected chi connectivity index (χ3v) is 5.10. The van der Waals surface area contributed by atoms with Crippen LogP contribution in [0.5, 0.6) is 0 Å². The number of carbonyl (C=O) groups is 1. The maximum Gasteiger partial charge on any atom is 0.327 e. The van der Waals surface area contributed by atoms with Crippen LogP contribution in [0, 0.1) is 12.8 Å². The van der Waals surface area contributed by atoms with Crippen molar-refractivity contribution >= 4 is 17.7 Å². The number of aromatic nitrogens is 3. The fraction of sp³-hybridized carbons (Fsp3) is 0.786. The first-order valence-electron chi connectivity index (χ1n) is 7.46. The summed E-state index contributed by atoms with van der Waals surface area (Å²) in [5.74, 6) is 1.71. The molecule has 0 spiro atoms. The second kappa shape index (κ2) is 6.79. The Morgan fingerprint density at radius 2 is 2.19 bits per heavy atom. The lowest BCUT2D eigenvalue weighted by atomic mass is 9.95. The molecule has 1 N–H and O–H groups in total. The number of carbonyl (C=O) groups excluding carboxylic acids is 1. The van der Waals surface area contributed by atoms with Gasteiger partial charge in [-0.1, -0.05) is 18.7 Å². The highest BCUT2D eigenvalue weighted by Gasteiger charge is 2.51. The number of ether oxygens (including phenoxy) is 1. The van der Waals surface area contributed by atoms with E-state index in [-0.39, 0.29) is 5.97 Å². The number of nitrogens with zero attached hydrogens (tertiary/aromatic N) is 3. The minimum Gasteiger partial charge on any atom is -0.465 e. The Bertz CT molecular complexity index is 501. The van der Waals surface area contributed by atoms with Gasteiger partial charge in [0.1, 0.15) is 11.4 Å². The van der Waals surface area contributed by atoms with Crippen LogP contribution in [-0.2, 0) is 16.6 Å². The van der Waals surface area contributed by atoms with E-state index in [0.29, 0.717) is 18.3 Å². The van der Waals surface area contributed by atoms with Crippen LogP contribution in [0.3, 0.4) is 0 Å². The average Bonchev–Trinajstić information content (AvgIpc) is 3.25. The zero-order chi connectivity index (χ0) is 15.5. The molecule has 7 heteroatoms. The molecule has 0 aromatic carbocycles. The van der Waals surface area contributed by atoms with Crippen LogP contribution in [-0.4, -0.2) is 45.2 Å². The van der Waals surface area contributed by atoms with Gasteiger partial charge in [0.05, 0.1) is 6.61 Å². The summed E-state index contributed by atoms with van der Waals surface area (Å²) in [6.45, 7) is 6.94. The zero-order valence-corrected chi connectivity index (χ0v) is 14.0. The molecular weight excluding hydrogens is 288 g/mol. The van der Waals surface area contributed by atoms with Crippen molar-refractivity contribution in [2.75, 3.05) is 18.9 Å². The van der Waals surface area contributed by atoms with Crippen LogP contribution < -0.4 is 5.32 Å². The fourth-order valence-corrected chi connectivity index (χ4v) is 3.69. The molecule has 1 unspecified atom stereocenters. The van der Waals surface area contributed by atoms with Crippen LogP contribution in [0.1, 0.15) is 32.5 Å².